The minimum Gasteiger partial charge on any atom is -0.394 e. The third kappa shape index (κ3) is 52.3. The van der Waals surface area contributed by atoms with Crippen molar-refractivity contribution in [3.8, 4) is 0 Å². The van der Waals surface area contributed by atoms with Gasteiger partial charge in [-0.15, -0.1) is 0 Å². The molecule has 1 amide bonds. The van der Waals surface area contributed by atoms with Crippen molar-refractivity contribution in [3.05, 3.63) is 134 Å². The van der Waals surface area contributed by atoms with E-state index in [9.17, 15) is 30.3 Å². The van der Waals surface area contributed by atoms with E-state index in [0.29, 0.717) is 6.42 Å². The molecule has 0 aliphatic carbocycles. The van der Waals surface area contributed by atoms with Crippen molar-refractivity contribution in [2.24, 2.45) is 0 Å². The summed E-state index contributed by atoms with van der Waals surface area (Å²) in [5.74, 6) is -0.221. The molecule has 1 aliphatic rings. The van der Waals surface area contributed by atoms with E-state index in [1.54, 1.807) is 6.08 Å². The van der Waals surface area contributed by atoms with Crippen LogP contribution in [-0.4, -0.2) is 87.5 Å². The summed E-state index contributed by atoms with van der Waals surface area (Å²) >= 11 is 0. The quantitative estimate of drug-likeness (QED) is 0.0261. The number of ether oxygens (including phenoxy) is 2. The Kier molecular flexibility index (Phi) is 60.1. The summed E-state index contributed by atoms with van der Waals surface area (Å²) in [7, 11) is 0. The molecule has 0 aromatic carbocycles. The first-order chi connectivity index (χ1) is 42.3. The van der Waals surface area contributed by atoms with Crippen LogP contribution in [0.4, 0.5) is 0 Å². The van der Waals surface area contributed by atoms with E-state index < -0.39 is 49.5 Å². The SMILES string of the molecule is CC/C=C\C/C=C\C/C=C\C/C=C\C/C=C\C/C=C\C/C=C\C/C=C\C/C=C\CCCCCC(=O)NC(COC1OC(CO)C(O)C(O)C1O)C(O)/C=C/CC/C=C/CCCCCCCCCCCCCCCCCCCCCCCCCCCC. The van der Waals surface area contributed by atoms with Crippen molar-refractivity contribution in [3.63, 3.8) is 0 Å². The first-order valence-corrected chi connectivity index (χ1v) is 35.4. The number of aliphatic hydroxyl groups excluding tert-OH is 5. The Hall–Kier alpha value is -3.67. The van der Waals surface area contributed by atoms with Crippen LogP contribution in [0.2, 0.25) is 0 Å². The molecule has 0 bridgehead atoms. The molecule has 1 saturated heterocycles. The Bertz CT molecular complexity index is 1820. The fourth-order valence-electron chi connectivity index (χ4n) is 10.5. The second-order valence-electron chi connectivity index (χ2n) is 23.9. The van der Waals surface area contributed by atoms with Gasteiger partial charge in [0.25, 0.3) is 0 Å². The predicted molar refractivity (Wildman–Crippen MR) is 368 cm³/mol. The predicted octanol–water partition coefficient (Wildman–Crippen LogP) is 19.6. The largest absolute Gasteiger partial charge is 0.394 e. The number of carbonyl (C=O) groups is 1. The molecule has 1 rings (SSSR count). The van der Waals surface area contributed by atoms with Crippen molar-refractivity contribution in [1.29, 1.82) is 0 Å². The molecule has 1 fully saturated rings. The number of rotatable bonds is 60. The van der Waals surface area contributed by atoms with E-state index in [0.717, 1.165) is 96.3 Å². The summed E-state index contributed by atoms with van der Waals surface area (Å²) < 4.78 is 11.3. The zero-order valence-electron chi connectivity index (χ0n) is 55.0. The second-order valence-corrected chi connectivity index (χ2v) is 23.9. The smallest absolute Gasteiger partial charge is 0.220 e. The van der Waals surface area contributed by atoms with Crippen molar-refractivity contribution in [2.75, 3.05) is 13.2 Å². The maximum absolute atomic E-state index is 13.1. The van der Waals surface area contributed by atoms with Crippen LogP contribution >= 0.6 is 0 Å². The van der Waals surface area contributed by atoms with Gasteiger partial charge < -0.3 is 40.3 Å². The van der Waals surface area contributed by atoms with Gasteiger partial charge in [-0.05, 0) is 103 Å². The molecule has 0 aromatic rings. The lowest BCUT2D eigenvalue weighted by Gasteiger charge is -2.40. The molecule has 7 unspecified atom stereocenters. The van der Waals surface area contributed by atoms with Crippen LogP contribution in [0.25, 0.3) is 0 Å². The normalized spacial score (nSPS) is 18.9. The molecule has 9 heteroatoms. The third-order valence-corrected chi connectivity index (χ3v) is 16.0. The molecule has 0 saturated carbocycles. The Morgan fingerprint density at radius 3 is 1.12 bits per heavy atom. The number of nitrogens with one attached hydrogen (secondary N) is 1. The van der Waals surface area contributed by atoms with E-state index in [1.807, 2.05) is 6.08 Å². The molecule has 1 aliphatic heterocycles. The minimum atomic E-state index is -1.59. The average molecular weight is 1200 g/mol. The molecule has 7 atom stereocenters. The van der Waals surface area contributed by atoms with Crippen LogP contribution < -0.4 is 5.32 Å². The summed E-state index contributed by atoms with van der Waals surface area (Å²) in [6.45, 7) is 3.65. The van der Waals surface area contributed by atoms with E-state index in [4.69, 9.17) is 9.47 Å². The fraction of sp³-hybridized carbons (Fsp3) is 0.701. The van der Waals surface area contributed by atoms with Crippen molar-refractivity contribution in [1.82, 2.24) is 5.32 Å². The lowest BCUT2D eigenvalue weighted by atomic mass is 9.99. The van der Waals surface area contributed by atoms with Gasteiger partial charge in [-0.1, -0.05) is 314 Å². The average Bonchev–Trinajstić information content (AvgIpc) is 3.59. The molecule has 0 spiro atoms. The highest BCUT2D eigenvalue weighted by molar-refractivity contribution is 5.76. The van der Waals surface area contributed by atoms with Crippen molar-refractivity contribution < 1.29 is 39.8 Å². The first kappa shape index (κ1) is 80.3. The van der Waals surface area contributed by atoms with Crippen LogP contribution in [0.1, 0.15) is 290 Å². The molecule has 0 aromatic heterocycles. The number of carbonyl (C=O) groups excluding carboxylic acids is 1. The van der Waals surface area contributed by atoms with Crippen LogP contribution in [-0.2, 0) is 14.3 Å². The highest BCUT2D eigenvalue weighted by Crippen LogP contribution is 2.23. The van der Waals surface area contributed by atoms with E-state index in [2.05, 4.69) is 141 Å². The maximum atomic E-state index is 13.1. The molecule has 9 nitrogen and oxygen atoms in total. The Labute approximate surface area is 528 Å². The Balaban J connectivity index is 2.21. The summed E-state index contributed by atoms with van der Waals surface area (Å²) in [6, 6.07) is -0.853. The number of aliphatic hydroxyl groups is 5. The van der Waals surface area contributed by atoms with E-state index in [-0.39, 0.29) is 18.9 Å². The molecule has 1 heterocycles. The molecule has 0 radical (unpaired) electrons. The second kappa shape index (κ2) is 64.3. The van der Waals surface area contributed by atoms with Crippen LogP contribution in [0.3, 0.4) is 0 Å². The van der Waals surface area contributed by atoms with Crippen LogP contribution in [0.15, 0.2) is 134 Å². The van der Waals surface area contributed by atoms with Gasteiger partial charge in [0.1, 0.15) is 24.4 Å². The lowest BCUT2D eigenvalue weighted by Crippen LogP contribution is -2.60. The zero-order chi connectivity index (χ0) is 62.1. The maximum Gasteiger partial charge on any atom is 0.220 e. The third-order valence-electron chi connectivity index (χ3n) is 16.0. The monoisotopic (exact) mass is 1200 g/mol. The molecule has 492 valence electrons. The standard InChI is InChI=1S/C77H131NO8/c1-3-5-7-9-11-13-15-17-19-21-23-25-27-29-31-33-35-37-38-40-42-44-46-48-50-52-54-56-58-60-62-64-66-71(80)70(69-85-77-76(84)75(83)74(82)72(68-79)86-77)78-73(81)67-65-63-61-59-57-55-53-51-49-47-45-43-41-39-36-34-32-30-28-26-24-22-20-18-16-14-12-10-8-6-4-2/h6,8,12,14,18,20,24,26,30,32,36,39,43,45,49,51,55-58,64,66,70-72,74-77,79-80,82-84H,3-5,7,9-11,13,15-17,19,21-23,25,27-29,31,33-35,37-38,40-42,44,46-48,50,52-54,59-63,65,67-69H2,1-2H3,(H,78,81)/b8-6-,14-12-,20-18-,26-24-,32-30-,39-36-,45-43-,51-49-,57-55-,58-56+,66-64+. The van der Waals surface area contributed by atoms with Gasteiger partial charge in [0, 0.05) is 6.42 Å². The van der Waals surface area contributed by atoms with Crippen molar-refractivity contribution in [2.45, 2.75) is 333 Å². The topological polar surface area (TPSA) is 149 Å². The Morgan fingerprint density at radius 2 is 0.733 bits per heavy atom. The number of hydrogen-bond acceptors (Lipinski definition) is 8. The van der Waals surface area contributed by atoms with E-state index >= 15 is 0 Å². The van der Waals surface area contributed by atoms with Gasteiger partial charge in [-0.2, -0.15) is 0 Å². The summed E-state index contributed by atoms with van der Waals surface area (Å²) in [6.07, 6.45) is 91.3. The Morgan fingerprint density at radius 1 is 0.407 bits per heavy atom. The lowest BCUT2D eigenvalue weighted by molar-refractivity contribution is -0.302. The minimum absolute atomic E-state index is 0.221. The van der Waals surface area contributed by atoms with Crippen LogP contribution in [0, 0.1) is 0 Å². The number of unbranched alkanes of at least 4 members (excludes halogenated alkanes) is 30. The van der Waals surface area contributed by atoms with E-state index in [1.165, 1.54) is 167 Å². The highest BCUT2D eigenvalue weighted by atomic mass is 16.7. The van der Waals surface area contributed by atoms with Crippen LogP contribution in [0.5, 0.6) is 0 Å². The van der Waals surface area contributed by atoms with Gasteiger partial charge in [-0.3, -0.25) is 4.79 Å². The molecular formula is C77H131NO8. The summed E-state index contributed by atoms with van der Waals surface area (Å²) in [5, 5.41) is 54.7. The van der Waals surface area contributed by atoms with Gasteiger partial charge in [0.05, 0.1) is 25.4 Å². The van der Waals surface area contributed by atoms with Gasteiger partial charge in [-0.25, -0.2) is 0 Å². The highest BCUT2D eigenvalue weighted by Gasteiger charge is 2.44. The number of allylic oxidation sites excluding steroid dienone is 21. The van der Waals surface area contributed by atoms with Gasteiger partial charge in [0.15, 0.2) is 6.29 Å². The van der Waals surface area contributed by atoms with Gasteiger partial charge in [0.2, 0.25) is 5.91 Å². The number of amides is 1. The fourth-order valence-corrected chi connectivity index (χ4v) is 10.5. The molecule has 6 N–H and O–H groups in total. The summed E-state index contributed by atoms with van der Waals surface area (Å²) in [4.78, 5) is 13.1. The number of hydrogen-bond donors (Lipinski definition) is 6. The summed E-state index contributed by atoms with van der Waals surface area (Å²) in [5.41, 5.74) is 0. The zero-order valence-corrected chi connectivity index (χ0v) is 55.0. The molecule has 86 heavy (non-hydrogen) atoms. The van der Waals surface area contributed by atoms with Gasteiger partial charge >= 0.3 is 0 Å². The molecular weight excluding hydrogens is 1070 g/mol. The van der Waals surface area contributed by atoms with Crippen molar-refractivity contribution >= 4 is 5.91 Å². The first-order valence-electron chi connectivity index (χ1n) is 35.4.